The summed E-state index contributed by atoms with van der Waals surface area (Å²) in [4.78, 5) is 11.7. The van der Waals surface area contributed by atoms with E-state index in [4.69, 9.17) is 14.6 Å². The first-order valence-electron chi connectivity index (χ1n) is 6.14. The number of aliphatic hydroxyl groups excluding tert-OH is 1. The van der Waals surface area contributed by atoms with E-state index in [1.54, 1.807) is 0 Å². The van der Waals surface area contributed by atoms with Crippen LogP contribution in [0.1, 0.15) is 16.8 Å². The lowest BCUT2D eigenvalue weighted by molar-refractivity contribution is -0.132. The maximum Gasteiger partial charge on any atom is 0.390 e. The molecule has 0 unspecified atom stereocenters. The summed E-state index contributed by atoms with van der Waals surface area (Å²) in [6.45, 7) is -0.607. The van der Waals surface area contributed by atoms with Gasteiger partial charge in [-0.2, -0.15) is 13.2 Å². The summed E-state index contributed by atoms with van der Waals surface area (Å²) in [5, 5.41) is 10.8. The molecule has 0 spiro atoms. The maximum absolute atomic E-state index is 12.0. The largest absolute Gasteiger partial charge is 0.493 e. The third-order valence-corrected chi connectivity index (χ3v) is 2.47. The number of amides is 1. The molecule has 118 valence electrons. The average Bonchev–Trinajstić information content (AvgIpc) is 2.43. The number of carbonyl (C=O) groups excluding carboxylic acids is 1. The van der Waals surface area contributed by atoms with Crippen molar-refractivity contribution in [1.82, 2.24) is 5.32 Å². The van der Waals surface area contributed by atoms with Crippen LogP contribution in [0.25, 0.3) is 0 Å². The zero-order valence-electron chi connectivity index (χ0n) is 11.4. The third kappa shape index (κ3) is 5.90. The highest BCUT2D eigenvalue weighted by Gasteiger charge is 2.26. The van der Waals surface area contributed by atoms with Gasteiger partial charge >= 0.3 is 6.18 Å². The van der Waals surface area contributed by atoms with Crippen LogP contribution in [0.4, 0.5) is 13.2 Å². The molecule has 0 aromatic heterocycles. The summed E-state index contributed by atoms with van der Waals surface area (Å²) >= 11 is 0. The van der Waals surface area contributed by atoms with E-state index in [0.29, 0.717) is 5.75 Å². The molecule has 0 saturated carbocycles. The molecule has 1 aromatic carbocycles. The third-order valence-electron chi connectivity index (χ3n) is 2.47. The summed E-state index contributed by atoms with van der Waals surface area (Å²) in [5.41, 5.74) is 0.158. The van der Waals surface area contributed by atoms with Gasteiger partial charge in [-0.15, -0.1) is 0 Å². The highest BCUT2D eigenvalue weighted by atomic mass is 19.4. The predicted molar refractivity (Wildman–Crippen MR) is 68.6 cm³/mol. The highest BCUT2D eigenvalue weighted by Crippen LogP contribution is 2.28. The Hall–Kier alpha value is -1.96. The highest BCUT2D eigenvalue weighted by molar-refractivity contribution is 5.94. The van der Waals surface area contributed by atoms with Crippen molar-refractivity contribution in [3.8, 4) is 11.5 Å². The Morgan fingerprint density at radius 2 is 2.05 bits per heavy atom. The fourth-order valence-electron chi connectivity index (χ4n) is 1.50. The second kappa shape index (κ2) is 7.72. The number of halogens is 3. The van der Waals surface area contributed by atoms with Crippen molar-refractivity contribution in [2.75, 3.05) is 26.9 Å². The van der Waals surface area contributed by atoms with Gasteiger partial charge in [-0.1, -0.05) is 0 Å². The van der Waals surface area contributed by atoms with Crippen LogP contribution in [-0.2, 0) is 0 Å². The minimum atomic E-state index is -4.31. The number of rotatable bonds is 7. The number of carbonyl (C=O) groups is 1. The summed E-state index contributed by atoms with van der Waals surface area (Å²) in [7, 11) is 1.37. The van der Waals surface area contributed by atoms with Gasteiger partial charge in [0.1, 0.15) is 6.61 Å². The summed E-state index contributed by atoms with van der Waals surface area (Å²) in [6, 6.07) is 4.21. The first-order valence-corrected chi connectivity index (χ1v) is 6.14. The summed E-state index contributed by atoms with van der Waals surface area (Å²) in [6.07, 6.45) is -5.40. The second-order valence-corrected chi connectivity index (χ2v) is 4.06. The molecule has 0 heterocycles. The molecule has 0 atom stereocenters. The first-order chi connectivity index (χ1) is 9.87. The van der Waals surface area contributed by atoms with Gasteiger partial charge in [0.2, 0.25) is 0 Å². The number of hydrogen-bond donors (Lipinski definition) is 2. The molecule has 0 aliphatic rings. The van der Waals surface area contributed by atoms with E-state index in [1.807, 2.05) is 0 Å². The minimum Gasteiger partial charge on any atom is -0.493 e. The van der Waals surface area contributed by atoms with Crippen LogP contribution >= 0.6 is 0 Å². The molecule has 0 fully saturated rings. The predicted octanol–water partition coefficient (Wildman–Crippen LogP) is 1.75. The molecule has 0 aliphatic heterocycles. The number of nitrogens with one attached hydrogen (secondary N) is 1. The molecular weight excluding hydrogens is 291 g/mol. The van der Waals surface area contributed by atoms with Crippen LogP contribution in [0.3, 0.4) is 0 Å². The molecule has 0 bridgehead atoms. The van der Waals surface area contributed by atoms with Gasteiger partial charge in [-0.3, -0.25) is 4.79 Å². The van der Waals surface area contributed by atoms with Gasteiger partial charge < -0.3 is 19.9 Å². The van der Waals surface area contributed by atoms with Crippen molar-refractivity contribution in [1.29, 1.82) is 0 Å². The Bertz CT molecular complexity index is 477. The number of ether oxygens (including phenoxy) is 2. The molecular formula is C13H16F3NO4. The number of benzene rings is 1. The second-order valence-electron chi connectivity index (χ2n) is 4.06. The van der Waals surface area contributed by atoms with E-state index >= 15 is 0 Å². The lowest BCUT2D eigenvalue weighted by Gasteiger charge is -2.12. The summed E-state index contributed by atoms with van der Waals surface area (Å²) < 4.78 is 46.2. The molecule has 0 aliphatic carbocycles. The van der Waals surface area contributed by atoms with Crippen LogP contribution in [-0.4, -0.2) is 44.1 Å². The Labute approximate surface area is 119 Å². The van der Waals surface area contributed by atoms with E-state index in [2.05, 4.69) is 5.32 Å². The Morgan fingerprint density at radius 3 is 2.62 bits per heavy atom. The molecule has 8 heteroatoms. The van der Waals surface area contributed by atoms with Gasteiger partial charge in [0, 0.05) is 12.1 Å². The van der Waals surface area contributed by atoms with E-state index in [9.17, 15) is 18.0 Å². The van der Waals surface area contributed by atoms with Crippen molar-refractivity contribution in [3.63, 3.8) is 0 Å². The molecule has 2 N–H and O–H groups in total. The monoisotopic (exact) mass is 307 g/mol. The molecule has 1 rings (SSSR count). The standard InChI is InChI=1S/C13H16F3NO4/c1-20-11-8-9(2-3-10(11)21-7-6-18)12(19)17-5-4-13(14,15)16/h2-3,8,18H,4-7H2,1H3,(H,17,19). The SMILES string of the molecule is COc1cc(C(=O)NCCC(F)(F)F)ccc1OCCO. The van der Waals surface area contributed by atoms with Crippen LogP contribution in [0, 0.1) is 0 Å². The first kappa shape index (κ1) is 17.1. The Kier molecular flexibility index (Phi) is 6.29. The van der Waals surface area contributed by atoms with E-state index < -0.39 is 25.0 Å². The molecule has 1 aromatic rings. The van der Waals surface area contributed by atoms with Crippen molar-refractivity contribution in [3.05, 3.63) is 23.8 Å². The molecule has 5 nitrogen and oxygen atoms in total. The number of methoxy groups -OCH3 is 1. The van der Waals surface area contributed by atoms with Crippen molar-refractivity contribution >= 4 is 5.91 Å². The number of aliphatic hydroxyl groups is 1. The fraction of sp³-hybridized carbons (Fsp3) is 0.462. The van der Waals surface area contributed by atoms with Gasteiger partial charge in [0.05, 0.1) is 20.1 Å². The van der Waals surface area contributed by atoms with Gasteiger partial charge in [0.15, 0.2) is 11.5 Å². The quantitative estimate of drug-likeness (QED) is 0.805. The lowest BCUT2D eigenvalue weighted by Crippen LogP contribution is -2.27. The van der Waals surface area contributed by atoms with Crippen LogP contribution in [0.5, 0.6) is 11.5 Å². The van der Waals surface area contributed by atoms with Crippen molar-refractivity contribution in [2.24, 2.45) is 0 Å². The molecule has 1 amide bonds. The van der Waals surface area contributed by atoms with Gasteiger partial charge in [-0.25, -0.2) is 0 Å². The fourth-order valence-corrected chi connectivity index (χ4v) is 1.50. The molecule has 0 saturated heterocycles. The van der Waals surface area contributed by atoms with Gasteiger partial charge in [0.25, 0.3) is 5.91 Å². The van der Waals surface area contributed by atoms with E-state index in [-0.39, 0.29) is 24.5 Å². The Balaban J connectivity index is 2.68. The zero-order chi connectivity index (χ0) is 15.9. The maximum atomic E-state index is 12.0. The number of alkyl halides is 3. The van der Waals surface area contributed by atoms with Crippen molar-refractivity contribution < 1.29 is 32.5 Å². The van der Waals surface area contributed by atoms with E-state index in [1.165, 1.54) is 25.3 Å². The lowest BCUT2D eigenvalue weighted by atomic mass is 10.2. The van der Waals surface area contributed by atoms with E-state index in [0.717, 1.165) is 0 Å². The average molecular weight is 307 g/mol. The molecule has 21 heavy (non-hydrogen) atoms. The topological polar surface area (TPSA) is 67.8 Å². The minimum absolute atomic E-state index is 0.0630. The van der Waals surface area contributed by atoms with Crippen LogP contribution < -0.4 is 14.8 Å². The van der Waals surface area contributed by atoms with Gasteiger partial charge in [-0.05, 0) is 18.2 Å². The molecule has 0 radical (unpaired) electrons. The van der Waals surface area contributed by atoms with Crippen molar-refractivity contribution in [2.45, 2.75) is 12.6 Å². The summed E-state index contributed by atoms with van der Waals surface area (Å²) in [5.74, 6) is -0.0448. The van der Waals surface area contributed by atoms with Crippen LogP contribution in [0.15, 0.2) is 18.2 Å². The Morgan fingerprint density at radius 1 is 1.33 bits per heavy atom. The normalized spacial score (nSPS) is 11.1. The smallest absolute Gasteiger partial charge is 0.390 e. The number of hydrogen-bond acceptors (Lipinski definition) is 4. The van der Waals surface area contributed by atoms with Crippen LogP contribution in [0.2, 0.25) is 0 Å². The zero-order valence-corrected chi connectivity index (χ0v) is 11.4.